The Bertz CT molecular complexity index is 561. The standard InChI is InChI=1S/C15H17F2NO3/c1-21-12-3-2-9(8-18-12)10-6-14(4-5-15(10,16)17)7-11(14)13(19)20/h2-3,8,10-11H,4-7H2,1H3,(H,19,20)/t10-,11?,14?/m1/s1. The summed E-state index contributed by atoms with van der Waals surface area (Å²) in [5, 5.41) is 9.11. The normalized spacial score (nSPS) is 33.7. The van der Waals surface area contributed by atoms with Crippen LogP contribution in [0.5, 0.6) is 5.88 Å². The molecule has 2 aliphatic carbocycles. The molecule has 2 aliphatic rings. The zero-order valence-electron chi connectivity index (χ0n) is 11.7. The molecule has 1 spiro atoms. The van der Waals surface area contributed by atoms with Crippen molar-refractivity contribution in [1.29, 1.82) is 0 Å². The van der Waals surface area contributed by atoms with Crippen LogP contribution in [0.3, 0.4) is 0 Å². The van der Waals surface area contributed by atoms with Gasteiger partial charge in [0.05, 0.1) is 13.0 Å². The third-order valence-electron chi connectivity index (χ3n) is 4.94. The number of carboxylic acids is 1. The summed E-state index contributed by atoms with van der Waals surface area (Å²) in [5.74, 6) is -4.74. The first-order valence-corrected chi connectivity index (χ1v) is 6.98. The molecule has 2 saturated carbocycles. The maximum atomic E-state index is 14.2. The molecule has 114 valence electrons. The lowest BCUT2D eigenvalue weighted by Gasteiger charge is -2.36. The minimum atomic E-state index is -2.81. The highest BCUT2D eigenvalue weighted by atomic mass is 19.3. The van der Waals surface area contributed by atoms with Gasteiger partial charge < -0.3 is 9.84 Å². The van der Waals surface area contributed by atoms with Gasteiger partial charge in [-0.05, 0) is 30.2 Å². The molecule has 0 aromatic carbocycles. The summed E-state index contributed by atoms with van der Waals surface area (Å²) in [6.45, 7) is 0. The molecule has 2 unspecified atom stereocenters. The van der Waals surface area contributed by atoms with E-state index in [2.05, 4.69) is 4.98 Å². The molecule has 0 radical (unpaired) electrons. The number of nitrogens with zero attached hydrogens (tertiary/aromatic N) is 1. The lowest BCUT2D eigenvalue weighted by Crippen LogP contribution is -2.35. The van der Waals surface area contributed by atoms with Gasteiger partial charge in [-0.3, -0.25) is 4.79 Å². The van der Waals surface area contributed by atoms with Gasteiger partial charge in [0.1, 0.15) is 0 Å². The number of methoxy groups -OCH3 is 1. The molecule has 2 fully saturated rings. The minimum absolute atomic E-state index is 0.213. The number of hydrogen-bond donors (Lipinski definition) is 1. The smallest absolute Gasteiger partial charge is 0.307 e. The Labute approximate surface area is 121 Å². The van der Waals surface area contributed by atoms with Gasteiger partial charge in [-0.25, -0.2) is 13.8 Å². The van der Waals surface area contributed by atoms with E-state index in [1.54, 1.807) is 12.1 Å². The zero-order valence-corrected chi connectivity index (χ0v) is 11.7. The highest BCUT2D eigenvalue weighted by molar-refractivity contribution is 5.74. The number of aliphatic carboxylic acids is 1. The van der Waals surface area contributed by atoms with Crippen LogP contribution in [0.2, 0.25) is 0 Å². The minimum Gasteiger partial charge on any atom is -0.481 e. The predicted octanol–water partition coefficient (Wildman–Crippen LogP) is 3.08. The molecular weight excluding hydrogens is 280 g/mol. The summed E-state index contributed by atoms with van der Waals surface area (Å²) < 4.78 is 33.4. The number of pyridine rings is 1. The van der Waals surface area contributed by atoms with Crippen LogP contribution in [-0.2, 0) is 4.79 Å². The Hall–Kier alpha value is -1.72. The fourth-order valence-electron chi connectivity index (χ4n) is 3.53. The van der Waals surface area contributed by atoms with Gasteiger partial charge in [0, 0.05) is 24.6 Å². The third kappa shape index (κ3) is 2.36. The van der Waals surface area contributed by atoms with E-state index in [9.17, 15) is 13.6 Å². The Balaban J connectivity index is 1.85. The molecule has 1 aromatic heterocycles. The van der Waals surface area contributed by atoms with Gasteiger partial charge in [0.25, 0.3) is 5.92 Å². The summed E-state index contributed by atoms with van der Waals surface area (Å²) in [5.41, 5.74) is 0.00823. The number of aromatic nitrogens is 1. The van der Waals surface area contributed by atoms with Crippen LogP contribution in [0.25, 0.3) is 0 Å². The monoisotopic (exact) mass is 297 g/mol. The van der Waals surface area contributed by atoms with Crippen molar-refractivity contribution in [3.63, 3.8) is 0 Å². The Morgan fingerprint density at radius 3 is 2.67 bits per heavy atom. The Morgan fingerprint density at radius 2 is 2.14 bits per heavy atom. The van der Waals surface area contributed by atoms with E-state index >= 15 is 0 Å². The van der Waals surface area contributed by atoms with Crippen molar-refractivity contribution < 1.29 is 23.4 Å². The van der Waals surface area contributed by atoms with Crippen LogP contribution in [0, 0.1) is 11.3 Å². The summed E-state index contributed by atoms with van der Waals surface area (Å²) in [6.07, 6.45) is 2.17. The van der Waals surface area contributed by atoms with Crippen molar-refractivity contribution in [2.75, 3.05) is 7.11 Å². The number of rotatable bonds is 3. The average molecular weight is 297 g/mol. The summed E-state index contributed by atoms with van der Waals surface area (Å²) in [7, 11) is 1.47. The van der Waals surface area contributed by atoms with E-state index in [-0.39, 0.29) is 19.3 Å². The molecule has 1 N–H and O–H groups in total. The van der Waals surface area contributed by atoms with E-state index in [1.807, 2.05) is 0 Å². The molecule has 1 aromatic rings. The first-order chi connectivity index (χ1) is 9.88. The van der Waals surface area contributed by atoms with Gasteiger partial charge in [-0.2, -0.15) is 0 Å². The maximum absolute atomic E-state index is 14.2. The molecule has 6 heteroatoms. The quantitative estimate of drug-likeness (QED) is 0.931. The van der Waals surface area contributed by atoms with Crippen molar-refractivity contribution in [1.82, 2.24) is 4.98 Å². The van der Waals surface area contributed by atoms with Crippen LogP contribution < -0.4 is 4.74 Å². The second kappa shape index (κ2) is 4.64. The first kappa shape index (κ1) is 14.2. The second-order valence-corrected chi connectivity index (χ2v) is 6.11. The fourth-order valence-corrected chi connectivity index (χ4v) is 3.53. The topological polar surface area (TPSA) is 59.4 Å². The van der Waals surface area contributed by atoms with Crippen LogP contribution in [-0.4, -0.2) is 29.1 Å². The van der Waals surface area contributed by atoms with E-state index in [0.717, 1.165) is 0 Å². The number of ether oxygens (including phenoxy) is 1. The van der Waals surface area contributed by atoms with Crippen LogP contribution in [0.1, 0.15) is 37.2 Å². The molecule has 21 heavy (non-hydrogen) atoms. The summed E-state index contributed by atoms with van der Waals surface area (Å²) >= 11 is 0. The molecule has 0 amide bonds. The lowest BCUT2D eigenvalue weighted by atomic mass is 9.73. The van der Waals surface area contributed by atoms with Gasteiger partial charge in [-0.1, -0.05) is 6.07 Å². The van der Waals surface area contributed by atoms with Crippen molar-refractivity contribution in [2.45, 2.75) is 37.5 Å². The van der Waals surface area contributed by atoms with E-state index in [0.29, 0.717) is 17.9 Å². The number of carbonyl (C=O) groups is 1. The largest absolute Gasteiger partial charge is 0.481 e. The molecule has 0 saturated heterocycles. The molecule has 0 bridgehead atoms. The number of hydrogen-bond acceptors (Lipinski definition) is 3. The third-order valence-corrected chi connectivity index (χ3v) is 4.94. The van der Waals surface area contributed by atoms with Crippen LogP contribution in [0.4, 0.5) is 8.78 Å². The number of alkyl halides is 2. The maximum Gasteiger partial charge on any atom is 0.307 e. The highest BCUT2D eigenvalue weighted by Gasteiger charge is 2.64. The average Bonchev–Trinajstić information content (AvgIpc) is 3.17. The molecule has 4 nitrogen and oxygen atoms in total. The van der Waals surface area contributed by atoms with Gasteiger partial charge in [0.2, 0.25) is 5.88 Å². The summed E-state index contributed by atoms with van der Waals surface area (Å²) in [4.78, 5) is 15.1. The zero-order chi connectivity index (χ0) is 15.3. The van der Waals surface area contributed by atoms with Crippen molar-refractivity contribution >= 4 is 5.97 Å². The van der Waals surface area contributed by atoms with Crippen molar-refractivity contribution in [2.24, 2.45) is 11.3 Å². The van der Waals surface area contributed by atoms with Crippen LogP contribution >= 0.6 is 0 Å². The predicted molar refractivity (Wildman–Crippen MR) is 70.5 cm³/mol. The van der Waals surface area contributed by atoms with Gasteiger partial charge in [0.15, 0.2) is 0 Å². The number of halogens is 2. The molecule has 1 heterocycles. The highest BCUT2D eigenvalue weighted by Crippen LogP contribution is 2.66. The van der Waals surface area contributed by atoms with Crippen molar-refractivity contribution in [3.8, 4) is 5.88 Å². The second-order valence-electron chi connectivity index (χ2n) is 6.11. The molecule has 3 rings (SSSR count). The van der Waals surface area contributed by atoms with Crippen LogP contribution in [0.15, 0.2) is 18.3 Å². The molecule has 0 aliphatic heterocycles. The molecular formula is C15H17F2NO3. The van der Waals surface area contributed by atoms with E-state index in [4.69, 9.17) is 9.84 Å². The molecule has 3 atom stereocenters. The number of carboxylic acid groups (broad SMARTS) is 1. The Morgan fingerprint density at radius 1 is 1.38 bits per heavy atom. The first-order valence-electron chi connectivity index (χ1n) is 6.98. The van der Waals surface area contributed by atoms with Gasteiger partial charge in [-0.15, -0.1) is 0 Å². The lowest BCUT2D eigenvalue weighted by molar-refractivity contribution is -0.140. The van der Waals surface area contributed by atoms with Crippen molar-refractivity contribution in [3.05, 3.63) is 23.9 Å². The van der Waals surface area contributed by atoms with Gasteiger partial charge >= 0.3 is 5.97 Å². The fraction of sp³-hybridized carbons (Fsp3) is 0.600. The van der Waals surface area contributed by atoms with E-state index in [1.165, 1.54) is 13.3 Å². The summed E-state index contributed by atoms with van der Waals surface area (Å²) in [6, 6.07) is 3.16. The van der Waals surface area contributed by atoms with E-state index < -0.39 is 29.1 Å². The SMILES string of the molecule is COc1ccc([C@H]2CC3(CCC2(F)F)CC3C(=O)O)cn1. The Kier molecular flexibility index (Phi) is 3.15.